The van der Waals surface area contributed by atoms with E-state index in [9.17, 15) is 9.59 Å². The van der Waals surface area contributed by atoms with Crippen LogP contribution in [-0.2, 0) is 11.2 Å². The molecule has 1 aliphatic rings. The van der Waals surface area contributed by atoms with Gasteiger partial charge in [-0.2, -0.15) is 0 Å². The third-order valence-electron chi connectivity index (χ3n) is 5.92. The first-order chi connectivity index (χ1) is 17.0. The molecule has 0 N–H and O–H groups in total. The summed E-state index contributed by atoms with van der Waals surface area (Å²) < 4.78 is 11.3. The first kappa shape index (κ1) is 24.8. The topological polar surface area (TPSA) is 59.1 Å². The van der Waals surface area contributed by atoms with Gasteiger partial charge in [-0.3, -0.25) is 9.59 Å². The molecule has 2 heterocycles. The average Bonchev–Trinajstić information content (AvgIpc) is 3.36. The lowest BCUT2D eigenvalue weighted by molar-refractivity contribution is -0.135. The van der Waals surface area contributed by atoms with Gasteiger partial charge in [-0.1, -0.05) is 23.7 Å². The van der Waals surface area contributed by atoms with Crippen LogP contribution >= 0.6 is 22.9 Å². The van der Waals surface area contributed by atoms with Crippen LogP contribution in [-0.4, -0.2) is 55.0 Å². The van der Waals surface area contributed by atoms with Gasteiger partial charge in [0.15, 0.2) is 0 Å². The number of carbonyl (C=O) groups excluding carboxylic acids is 2. The molecule has 8 heteroatoms. The van der Waals surface area contributed by atoms with Gasteiger partial charge in [0.2, 0.25) is 5.91 Å². The molecule has 35 heavy (non-hydrogen) atoms. The normalized spacial score (nSPS) is 14.7. The lowest BCUT2D eigenvalue weighted by Gasteiger charge is -2.37. The quantitative estimate of drug-likeness (QED) is 0.369. The van der Waals surface area contributed by atoms with Crippen molar-refractivity contribution in [2.45, 2.75) is 12.5 Å². The predicted octanol–water partition coefficient (Wildman–Crippen LogP) is 5.24. The van der Waals surface area contributed by atoms with E-state index in [1.807, 2.05) is 22.4 Å². The molecular weight excluding hydrogens is 484 g/mol. The van der Waals surface area contributed by atoms with Crippen molar-refractivity contribution in [1.82, 2.24) is 9.80 Å². The number of fused-ring (bicyclic) bond motifs is 1. The van der Waals surface area contributed by atoms with Crippen LogP contribution in [0.3, 0.4) is 0 Å². The summed E-state index contributed by atoms with van der Waals surface area (Å²) in [6.45, 7) is 4.84. The zero-order valence-corrected chi connectivity index (χ0v) is 21.1. The molecule has 0 fully saturated rings. The van der Waals surface area contributed by atoms with Gasteiger partial charge in [-0.05, 0) is 65.9 Å². The minimum Gasteiger partial charge on any atom is -0.497 e. The number of hydrogen-bond acceptors (Lipinski definition) is 5. The van der Waals surface area contributed by atoms with E-state index in [0.29, 0.717) is 35.2 Å². The Morgan fingerprint density at radius 2 is 2.00 bits per heavy atom. The number of carbonyl (C=O) groups is 2. The first-order valence-electron chi connectivity index (χ1n) is 11.3. The number of halogens is 1. The minimum atomic E-state index is -0.251. The van der Waals surface area contributed by atoms with Crippen LogP contribution in [0.4, 0.5) is 0 Å². The maximum atomic E-state index is 13.5. The zero-order valence-electron chi connectivity index (χ0n) is 19.5. The molecule has 0 saturated heterocycles. The van der Waals surface area contributed by atoms with Crippen LogP contribution < -0.4 is 9.47 Å². The van der Waals surface area contributed by atoms with Crippen LogP contribution in [0.1, 0.15) is 26.8 Å². The third kappa shape index (κ3) is 5.86. The summed E-state index contributed by atoms with van der Waals surface area (Å²) in [7, 11) is 1.55. The summed E-state index contributed by atoms with van der Waals surface area (Å²) in [5, 5.41) is 2.68. The van der Waals surface area contributed by atoms with Crippen LogP contribution in [0.2, 0.25) is 5.02 Å². The summed E-state index contributed by atoms with van der Waals surface area (Å²) >= 11 is 7.68. The van der Waals surface area contributed by atoms with Crippen molar-refractivity contribution in [1.29, 1.82) is 0 Å². The number of hydrogen-bond donors (Lipinski definition) is 0. The number of methoxy groups -OCH3 is 1. The van der Waals surface area contributed by atoms with Gasteiger partial charge >= 0.3 is 0 Å². The fourth-order valence-corrected chi connectivity index (χ4v) is 5.20. The number of rotatable bonds is 9. The van der Waals surface area contributed by atoms with Crippen molar-refractivity contribution in [2.24, 2.45) is 0 Å². The maximum Gasteiger partial charge on any atom is 0.254 e. The highest BCUT2D eigenvalue weighted by Gasteiger charge is 2.33. The molecule has 2 aromatic carbocycles. The van der Waals surface area contributed by atoms with Crippen LogP contribution in [0.5, 0.6) is 11.5 Å². The lowest BCUT2D eigenvalue weighted by Crippen LogP contribution is -2.47. The number of nitrogens with zero attached hydrogens (tertiary/aromatic N) is 2. The highest BCUT2D eigenvalue weighted by atomic mass is 35.5. The van der Waals surface area contributed by atoms with E-state index >= 15 is 0 Å². The fourth-order valence-electron chi connectivity index (χ4n) is 4.15. The summed E-state index contributed by atoms with van der Waals surface area (Å²) in [4.78, 5) is 31.3. The summed E-state index contributed by atoms with van der Waals surface area (Å²) in [5.41, 5.74) is 1.55. The molecule has 0 saturated carbocycles. The summed E-state index contributed by atoms with van der Waals surface area (Å²) in [6, 6.07) is 15.9. The minimum absolute atomic E-state index is 0.0566. The Kier molecular flexibility index (Phi) is 8.10. The van der Waals surface area contributed by atoms with Crippen molar-refractivity contribution in [3.63, 3.8) is 0 Å². The van der Waals surface area contributed by atoms with Crippen LogP contribution in [0.15, 0.2) is 72.6 Å². The molecule has 0 spiro atoms. The Bertz CT molecular complexity index is 1190. The van der Waals surface area contributed by atoms with Gasteiger partial charge < -0.3 is 19.3 Å². The van der Waals surface area contributed by atoms with Crippen molar-refractivity contribution < 1.29 is 19.1 Å². The molecule has 0 unspecified atom stereocenters. The summed E-state index contributed by atoms with van der Waals surface area (Å²) in [5.74, 6) is 0.885. The van der Waals surface area contributed by atoms with E-state index in [0.717, 1.165) is 12.0 Å². The van der Waals surface area contributed by atoms with Gasteiger partial charge in [0, 0.05) is 28.6 Å². The second-order valence-corrected chi connectivity index (χ2v) is 9.56. The smallest absolute Gasteiger partial charge is 0.254 e. The van der Waals surface area contributed by atoms with E-state index in [-0.39, 0.29) is 30.9 Å². The van der Waals surface area contributed by atoms with E-state index in [1.165, 1.54) is 9.78 Å². The standard InChI is InChI=1S/C27H27ClN2O4S/c1-3-13-29(27(32)19-5-4-6-22(16-19)33-2)17-26(31)30-14-11-25-23(12-15-35-25)24(30)18-34-21-9-7-20(28)8-10-21/h3-10,12,15-16,24H,1,11,13-14,17-18H2,2H3/t24-/m1/s1. The maximum absolute atomic E-state index is 13.5. The highest BCUT2D eigenvalue weighted by molar-refractivity contribution is 7.10. The SMILES string of the molecule is C=CCN(CC(=O)N1CCc2sccc2[C@H]1COc1ccc(Cl)cc1)C(=O)c1cccc(OC)c1. The van der Waals surface area contributed by atoms with Crippen LogP contribution in [0, 0.1) is 0 Å². The van der Waals surface area contributed by atoms with Gasteiger partial charge in [0.05, 0.1) is 13.2 Å². The second-order valence-electron chi connectivity index (χ2n) is 8.12. The Labute approximate surface area is 214 Å². The van der Waals surface area contributed by atoms with Gasteiger partial charge in [0.1, 0.15) is 24.7 Å². The zero-order chi connectivity index (χ0) is 24.8. The molecule has 0 radical (unpaired) electrons. The Hall–Kier alpha value is -3.29. The molecule has 3 aromatic rings. The Morgan fingerprint density at radius 3 is 2.74 bits per heavy atom. The predicted molar refractivity (Wildman–Crippen MR) is 139 cm³/mol. The van der Waals surface area contributed by atoms with E-state index in [2.05, 4.69) is 12.6 Å². The monoisotopic (exact) mass is 510 g/mol. The van der Waals surface area contributed by atoms with Gasteiger partial charge in [-0.25, -0.2) is 0 Å². The molecule has 4 rings (SSSR count). The molecule has 1 atom stereocenters. The van der Waals surface area contributed by atoms with E-state index in [4.69, 9.17) is 21.1 Å². The molecule has 182 valence electrons. The number of ether oxygens (including phenoxy) is 2. The van der Waals surface area contributed by atoms with E-state index < -0.39 is 0 Å². The lowest BCUT2D eigenvalue weighted by atomic mass is 10.0. The molecule has 1 aromatic heterocycles. The highest BCUT2D eigenvalue weighted by Crippen LogP contribution is 2.34. The molecular formula is C27H27ClN2O4S. The molecule has 0 bridgehead atoms. The van der Waals surface area contributed by atoms with Crippen molar-refractivity contribution in [2.75, 3.05) is 33.4 Å². The molecule has 1 aliphatic heterocycles. The number of thiophene rings is 1. The summed E-state index contributed by atoms with van der Waals surface area (Å²) in [6.07, 6.45) is 2.40. The Balaban J connectivity index is 1.52. The van der Waals surface area contributed by atoms with Crippen molar-refractivity contribution in [3.8, 4) is 11.5 Å². The molecule has 0 aliphatic carbocycles. The number of amides is 2. The average molecular weight is 511 g/mol. The van der Waals surface area contributed by atoms with Gasteiger partial charge in [-0.15, -0.1) is 17.9 Å². The fraction of sp³-hybridized carbons (Fsp3) is 0.259. The van der Waals surface area contributed by atoms with Crippen LogP contribution in [0.25, 0.3) is 0 Å². The van der Waals surface area contributed by atoms with Gasteiger partial charge in [0.25, 0.3) is 5.91 Å². The van der Waals surface area contributed by atoms with Crippen molar-refractivity contribution >= 4 is 34.8 Å². The molecule has 2 amide bonds. The largest absolute Gasteiger partial charge is 0.497 e. The first-order valence-corrected chi connectivity index (χ1v) is 12.5. The third-order valence-corrected chi connectivity index (χ3v) is 7.16. The molecule has 6 nitrogen and oxygen atoms in total. The second kappa shape index (κ2) is 11.4. The van der Waals surface area contributed by atoms with E-state index in [1.54, 1.807) is 60.9 Å². The Morgan fingerprint density at radius 1 is 1.20 bits per heavy atom. The van der Waals surface area contributed by atoms with Crippen molar-refractivity contribution in [3.05, 3.63) is 93.7 Å². The number of benzene rings is 2.